The van der Waals surface area contributed by atoms with Crippen molar-refractivity contribution in [3.63, 3.8) is 0 Å². The zero-order valence-corrected chi connectivity index (χ0v) is 24.0. The van der Waals surface area contributed by atoms with Crippen molar-refractivity contribution < 1.29 is 55.1 Å². The zero-order chi connectivity index (χ0) is 32.3. The summed E-state index contributed by atoms with van der Waals surface area (Å²) in [7, 11) is 0. The molecule has 15 nitrogen and oxygen atoms in total. The van der Waals surface area contributed by atoms with Gasteiger partial charge in [0.2, 0.25) is 0 Å². The van der Waals surface area contributed by atoms with E-state index in [1.807, 2.05) is 36.4 Å². The molecule has 0 spiro atoms. The number of aromatic amines is 2. The van der Waals surface area contributed by atoms with E-state index in [0.29, 0.717) is 33.6 Å². The predicted molar refractivity (Wildman–Crippen MR) is 160 cm³/mol. The van der Waals surface area contributed by atoms with Crippen molar-refractivity contribution in [2.45, 2.75) is 61.1 Å². The van der Waals surface area contributed by atoms with Crippen LogP contribution in [0.4, 0.5) is 0 Å². The fraction of sp³-hybridized carbons (Fsp3) is 0.355. The first-order valence-electron chi connectivity index (χ1n) is 14.5. The SMILES string of the molecule is OC[C@@]1(c2cc3cc4ccc(cc5nc(cc6nc(cc2[nH]3)C=C6)C=C5)[nH]4)O[C@@H](O)[C@H](O)[C@H](O)[C@@H]1OC1OC(O)C(O)C(O)C1O. The van der Waals surface area contributed by atoms with E-state index in [1.54, 1.807) is 30.4 Å². The molecule has 46 heavy (non-hydrogen) atoms. The summed E-state index contributed by atoms with van der Waals surface area (Å²) in [6.07, 6.45) is -9.93. The van der Waals surface area contributed by atoms with E-state index in [1.165, 1.54) is 0 Å². The van der Waals surface area contributed by atoms with Crippen molar-refractivity contribution in [3.8, 4) is 0 Å². The molecule has 3 aromatic heterocycles. The van der Waals surface area contributed by atoms with Gasteiger partial charge in [-0.3, -0.25) is 0 Å². The number of aliphatic hydroxyl groups is 8. The molecule has 10 atom stereocenters. The summed E-state index contributed by atoms with van der Waals surface area (Å²) in [4.78, 5) is 15.8. The van der Waals surface area contributed by atoms with E-state index in [4.69, 9.17) is 14.2 Å². The Balaban J connectivity index is 1.42. The van der Waals surface area contributed by atoms with Gasteiger partial charge >= 0.3 is 0 Å². The molecule has 242 valence electrons. The highest BCUT2D eigenvalue weighted by atomic mass is 16.8. The minimum absolute atomic E-state index is 0.154. The molecule has 0 amide bonds. The second kappa shape index (κ2) is 11.8. The number of rotatable bonds is 4. The number of ether oxygens (including phenoxy) is 3. The molecule has 5 unspecified atom stereocenters. The van der Waals surface area contributed by atoms with Gasteiger partial charge in [-0.25, -0.2) is 9.97 Å². The number of aromatic nitrogens is 4. The summed E-state index contributed by atoms with van der Waals surface area (Å²) in [5, 5.41) is 84.2. The monoisotopic (exact) mass is 636 g/mol. The average Bonchev–Trinajstić information content (AvgIpc) is 3.85. The van der Waals surface area contributed by atoms with Crippen molar-refractivity contribution in [2.75, 3.05) is 6.61 Å². The lowest BCUT2D eigenvalue weighted by Crippen LogP contribution is -2.67. The van der Waals surface area contributed by atoms with Gasteiger partial charge in [-0.15, -0.1) is 0 Å². The number of hydrogen-bond donors (Lipinski definition) is 10. The second-order valence-corrected chi connectivity index (χ2v) is 11.5. The van der Waals surface area contributed by atoms with Crippen LogP contribution in [-0.4, -0.2) is 123 Å². The molecule has 3 aromatic rings. The smallest absolute Gasteiger partial charge is 0.189 e. The van der Waals surface area contributed by atoms with E-state index in [-0.39, 0.29) is 5.56 Å². The van der Waals surface area contributed by atoms with Gasteiger partial charge in [-0.1, -0.05) is 0 Å². The van der Waals surface area contributed by atoms with Gasteiger partial charge in [0.25, 0.3) is 0 Å². The maximum Gasteiger partial charge on any atom is 0.189 e. The molecule has 8 bridgehead atoms. The number of nitrogens with zero attached hydrogens (tertiary/aromatic N) is 2. The van der Waals surface area contributed by atoms with E-state index >= 15 is 0 Å². The highest BCUT2D eigenvalue weighted by Gasteiger charge is 2.58. The number of nitrogens with one attached hydrogen (secondary N) is 2. The van der Waals surface area contributed by atoms with Gasteiger partial charge in [-0.05, 0) is 66.8 Å². The third kappa shape index (κ3) is 5.36. The van der Waals surface area contributed by atoms with E-state index < -0.39 is 67.7 Å². The minimum atomic E-state index is -2.14. The average molecular weight is 637 g/mol. The first kappa shape index (κ1) is 30.8. The van der Waals surface area contributed by atoms with Crippen LogP contribution in [0.3, 0.4) is 0 Å². The lowest BCUT2D eigenvalue weighted by molar-refractivity contribution is -0.395. The minimum Gasteiger partial charge on any atom is -0.393 e. The lowest BCUT2D eigenvalue weighted by Gasteiger charge is -2.50. The molecule has 0 saturated carbocycles. The number of fused-ring (bicyclic) bond motifs is 8. The largest absolute Gasteiger partial charge is 0.393 e. The molecule has 7 heterocycles. The van der Waals surface area contributed by atoms with Crippen LogP contribution in [0.1, 0.15) is 28.3 Å². The van der Waals surface area contributed by atoms with Crippen LogP contribution in [-0.2, 0) is 19.8 Å². The first-order valence-corrected chi connectivity index (χ1v) is 14.5. The number of aliphatic hydroxyl groups excluding tert-OH is 8. The Kier molecular flexibility index (Phi) is 7.87. The fourth-order valence-corrected chi connectivity index (χ4v) is 6.05. The van der Waals surface area contributed by atoms with Gasteiger partial charge in [0, 0.05) is 27.6 Å². The second-order valence-electron chi connectivity index (χ2n) is 11.5. The van der Waals surface area contributed by atoms with Crippen molar-refractivity contribution in [2.24, 2.45) is 0 Å². The van der Waals surface area contributed by atoms with Gasteiger partial charge in [0.15, 0.2) is 24.5 Å². The van der Waals surface area contributed by atoms with Crippen LogP contribution < -0.4 is 0 Å². The maximum absolute atomic E-state index is 11.2. The van der Waals surface area contributed by atoms with E-state index in [2.05, 4.69) is 19.9 Å². The van der Waals surface area contributed by atoms with Gasteiger partial charge in [0.1, 0.15) is 36.6 Å². The summed E-state index contributed by atoms with van der Waals surface area (Å²) >= 11 is 0. The standard InChI is InChI=1S/C31H32N4O11/c36-12-31(27(23(38)25(40)29(43)46-31)44-30-26(41)22(37)24(39)28(42)45-30)20-10-19-9-17-4-3-15(33-17)7-13-1-2-14(32-13)8-16-5-6-18(34-16)11-21(20)35-19/h1-11,22-30,33,35-43H,12H2/t22?,23-,24?,25+,26?,27-,28?,29+,30?,31-/m0/s1. The van der Waals surface area contributed by atoms with Crippen LogP contribution in [0.15, 0.2) is 42.5 Å². The number of H-pyrrole nitrogens is 2. The van der Waals surface area contributed by atoms with Crippen molar-refractivity contribution in [1.82, 2.24) is 19.9 Å². The van der Waals surface area contributed by atoms with Crippen LogP contribution in [0.25, 0.3) is 46.4 Å². The van der Waals surface area contributed by atoms with Gasteiger partial charge in [-0.2, -0.15) is 0 Å². The Morgan fingerprint density at radius 2 is 1.26 bits per heavy atom. The van der Waals surface area contributed by atoms with Crippen LogP contribution in [0.2, 0.25) is 0 Å². The molecule has 7 rings (SSSR count). The summed E-state index contributed by atoms with van der Waals surface area (Å²) in [6, 6.07) is 12.4. The highest BCUT2D eigenvalue weighted by Crippen LogP contribution is 2.43. The predicted octanol–water partition coefficient (Wildman–Crippen LogP) is -0.944. The molecule has 0 radical (unpaired) electrons. The van der Waals surface area contributed by atoms with E-state index in [0.717, 1.165) is 11.2 Å². The molecular weight excluding hydrogens is 604 g/mol. The molecule has 0 aliphatic carbocycles. The Hall–Kier alpha value is -3.84. The Morgan fingerprint density at radius 1 is 0.652 bits per heavy atom. The molecular formula is C31H32N4O11. The van der Waals surface area contributed by atoms with Crippen molar-refractivity contribution in [3.05, 3.63) is 70.8 Å². The Labute approximate surface area is 260 Å². The van der Waals surface area contributed by atoms with E-state index in [9.17, 15) is 40.9 Å². The summed E-state index contributed by atoms with van der Waals surface area (Å²) < 4.78 is 16.9. The lowest BCUT2D eigenvalue weighted by atomic mass is 9.81. The fourth-order valence-electron chi connectivity index (χ4n) is 6.05. The maximum atomic E-state index is 11.2. The summed E-state index contributed by atoms with van der Waals surface area (Å²) in [5.41, 5.74) is 2.85. The molecule has 4 aliphatic rings. The quantitative estimate of drug-likeness (QED) is 0.115. The first-order chi connectivity index (χ1) is 22.0. The summed E-state index contributed by atoms with van der Waals surface area (Å²) in [5.74, 6) is 0. The van der Waals surface area contributed by atoms with Gasteiger partial charge < -0.3 is 65.0 Å². The van der Waals surface area contributed by atoms with Crippen LogP contribution in [0, 0.1) is 0 Å². The Morgan fingerprint density at radius 3 is 1.93 bits per heavy atom. The van der Waals surface area contributed by atoms with Crippen molar-refractivity contribution >= 4 is 46.4 Å². The van der Waals surface area contributed by atoms with Crippen molar-refractivity contribution in [1.29, 1.82) is 0 Å². The molecule has 10 N–H and O–H groups in total. The van der Waals surface area contributed by atoms with Crippen LogP contribution in [0.5, 0.6) is 0 Å². The highest BCUT2D eigenvalue weighted by molar-refractivity contribution is 5.78. The summed E-state index contributed by atoms with van der Waals surface area (Å²) in [6.45, 7) is -0.937. The van der Waals surface area contributed by atoms with Gasteiger partial charge in [0.05, 0.1) is 29.4 Å². The topological polar surface area (TPSA) is 247 Å². The molecule has 4 aliphatic heterocycles. The third-order valence-corrected chi connectivity index (χ3v) is 8.43. The molecule has 2 saturated heterocycles. The molecule has 15 heteroatoms. The molecule has 0 aromatic carbocycles. The molecule has 2 fully saturated rings. The Bertz CT molecular complexity index is 1860. The number of hydrogen-bond acceptors (Lipinski definition) is 13. The third-order valence-electron chi connectivity index (χ3n) is 8.43. The van der Waals surface area contributed by atoms with Crippen LogP contribution >= 0.6 is 0 Å². The normalized spacial score (nSPS) is 34.2. The zero-order valence-electron chi connectivity index (χ0n) is 24.0.